The van der Waals surface area contributed by atoms with Gasteiger partial charge in [0.05, 0.1) is 6.54 Å². The summed E-state index contributed by atoms with van der Waals surface area (Å²) >= 11 is 0. The van der Waals surface area contributed by atoms with Crippen LogP contribution in [0.15, 0.2) is 4.99 Å². The number of nitrogens with one attached hydrogen (secondary N) is 1. The van der Waals surface area contributed by atoms with Crippen molar-refractivity contribution >= 4 is 29.9 Å². The number of alkyl halides is 3. The van der Waals surface area contributed by atoms with Crippen LogP contribution in [0.25, 0.3) is 0 Å². The molecule has 1 heterocycles. The Balaban J connectivity index is 0.00000264. The first-order chi connectivity index (χ1) is 10.3. The molecule has 136 valence electrons. The highest BCUT2D eigenvalue weighted by molar-refractivity contribution is 14.0. The number of guanidine groups is 1. The molecule has 1 spiro atoms. The van der Waals surface area contributed by atoms with Gasteiger partial charge in [0.25, 0.3) is 0 Å². The number of nitrogens with zero attached hydrogens (tertiary/aromatic N) is 3. The van der Waals surface area contributed by atoms with Crippen molar-refractivity contribution in [3.63, 3.8) is 0 Å². The van der Waals surface area contributed by atoms with Crippen molar-refractivity contribution in [2.45, 2.75) is 38.3 Å². The number of rotatable bonds is 5. The van der Waals surface area contributed by atoms with Crippen molar-refractivity contribution in [1.29, 1.82) is 0 Å². The molecule has 1 N–H and O–H groups in total. The van der Waals surface area contributed by atoms with Crippen LogP contribution >= 0.6 is 24.0 Å². The van der Waals surface area contributed by atoms with Gasteiger partial charge in [0.15, 0.2) is 5.96 Å². The number of hydrogen-bond acceptors (Lipinski definition) is 2. The van der Waals surface area contributed by atoms with Crippen LogP contribution in [-0.2, 0) is 0 Å². The summed E-state index contributed by atoms with van der Waals surface area (Å²) < 4.78 is 36.7. The summed E-state index contributed by atoms with van der Waals surface area (Å²) in [5, 5.41) is 3.28. The standard InChI is InChI=1S/C15H27F3N4.HI/c1-19-13(22-10-7-14(11-22)5-3-6-14)20-8-4-9-21(2)12-15(16,17)18;/h3-12H2,1-2H3,(H,19,20);1H. The van der Waals surface area contributed by atoms with E-state index in [2.05, 4.69) is 15.2 Å². The van der Waals surface area contributed by atoms with Crippen LogP contribution in [0.4, 0.5) is 13.2 Å². The third-order valence-electron chi connectivity index (χ3n) is 4.81. The van der Waals surface area contributed by atoms with Crippen molar-refractivity contribution in [2.24, 2.45) is 10.4 Å². The fourth-order valence-electron chi connectivity index (χ4n) is 3.47. The van der Waals surface area contributed by atoms with Crippen LogP contribution in [0.1, 0.15) is 32.1 Å². The zero-order valence-corrected chi connectivity index (χ0v) is 16.3. The van der Waals surface area contributed by atoms with Gasteiger partial charge in [0, 0.05) is 26.7 Å². The Hall–Kier alpha value is -0.250. The van der Waals surface area contributed by atoms with Gasteiger partial charge >= 0.3 is 6.18 Å². The molecule has 2 rings (SSSR count). The molecule has 1 saturated carbocycles. The normalized spacial score (nSPS) is 20.6. The molecule has 23 heavy (non-hydrogen) atoms. The van der Waals surface area contributed by atoms with E-state index >= 15 is 0 Å². The topological polar surface area (TPSA) is 30.9 Å². The second kappa shape index (κ2) is 8.73. The van der Waals surface area contributed by atoms with E-state index in [-0.39, 0.29) is 24.0 Å². The highest BCUT2D eigenvalue weighted by Crippen LogP contribution is 2.47. The molecule has 2 fully saturated rings. The Morgan fingerprint density at radius 2 is 2.00 bits per heavy atom. The predicted octanol–water partition coefficient (Wildman–Crippen LogP) is 2.94. The van der Waals surface area contributed by atoms with Gasteiger partial charge in [-0.05, 0) is 44.7 Å². The first-order valence-corrected chi connectivity index (χ1v) is 8.04. The van der Waals surface area contributed by atoms with E-state index < -0.39 is 12.7 Å². The summed E-state index contributed by atoms with van der Waals surface area (Å²) in [6, 6.07) is 0. The maximum Gasteiger partial charge on any atom is 0.401 e. The van der Waals surface area contributed by atoms with E-state index in [0.717, 1.165) is 19.0 Å². The Kier molecular flexibility index (Phi) is 7.89. The van der Waals surface area contributed by atoms with Crippen LogP contribution in [0.5, 0.6) is 0 Å². The fraction of sp³-hybridized carbons (Fsp3) is 0.933. The van der Waals surface area contributed by atoms with Crippen LogP contribution in [0.3, 0.4) is 0 Å². The molecule has 0 aromatic heterocycles. The van der Waals surface area contributed by atoms with Gasteiger partial charge in [-0.15, -0.1) is 24.0 Å². The third kappa shape index (κ3) is 6.28. The molecule has 0 amide bonds. The molecule has 1 aliphatic carbocycles. The van der Waals surface area contributed by atoms with Gasteiger partial charge in [-0.2, -0.15) is 13.2 Å². The van der Waals surface area contributed by atoms with Gasteiger partial charge < -0.3 is 10.2 Å². The molecule has 0 unspecified atom stereocenters. The minimum atomic E-state index is -4.12. The first kappa shape index (κ1) is 20.8. The Morgan fingerprint density at radius 1 is 1.30 bits per heavy atom. The monoisotopic (exact) mass is 448 g/mol. The molecule has 0 radical (unpaired) electrons. The van der Waals surface area contributed by atoms with E-state index in [1.54, 1.807) is 7.05 Å². The van der Waals surface area contributed by atoms with E-state index in [1.165, 1.54) is 37.6 Å². The molecule has 2 aliphatic rings. The largest absolute Gasteiger partial charge is 0.401 e. The zero-order valence-electron chi connectivity index (χ0n) is 14.0. The van der Waals surface area contributed by atoms with Crippen molar-refractivity contribution in [2.75, 3.05) is 46.8 Å². The lowest BCUT2D eigenvalue weighted by Crippen LogP contribution is -2.43. The lowest BCUT2D eigenvalue weighted by molar-refractivity contribution is -0.143. The van der Waals surface area contributed by atoms with Crippen LogP contribution in [-0.4, -0.2) is 68.8 Å². The third-order valence-corrected chi connectivity index (χ3v) is 4.81. The average Bonchev–Trinajstić information content (AvgIpc) is 2.82. The fourth-order valence-corrected chi connectivity index (χ4v) is 3.47. The molecular formula is C15H28F3IN4. The van der Waals surface area contributed by atoms with Gasteiger partial charge in [-0.25, -0.2) is 0 Å². The minimum Gasteiger partial charge on any atom is -0.356 e. The molecule has 4 nitrogen and oxygen atoms in total. The van der Waals surface area contributed by atoms with Crippen molar-refractivity contribution < 1.29 is 13.2 Å². The number of halogens is 4. The first-order valence-electron chi connectivity index (χ1n) is 8.04. The quantitative estimate of drug-likeness (QED) is 0.304. The van der Waals surface area contributed by atoms with Gasteiger partial charge in [0.1, 0.15) is 0 Å². The lowest BCUT2D eigenvalue weighted by Gasteiger charge is -2.38. The predicted molar refractivity (Wildman–Crippen MR) is 97.4 cm³/mol. The summed E-state index contributed by atoms with van der Waals surface area (Å²) in [5.41, 5.74) is 0.518. The summed E-state index contributed by atoms with van der Waals surface area (Å²) in [6.07, 6.45) is 1.77. The molecule has 1 aliphatic heterocycles. The minimum absolute atomic E-state index is 0. The number of likely N-dealkylation sites (tertiary alicyclic amines) is 1. The van der Waals surface area contributed by atoms with Crippen molar-refractivity contribution in [3.8, 4) is 0 Å². The Morgan fingerprint density at radius 3 is 2.48 bits per heavy atom. The van der Waals surface area contributed by atoms with Gasteiger partial charge in [-0.1, -0.05) is 6.42 Å². The molecule has 8 heteroatoms. The molecular weight excluding hydrogens is 420 g/mol. The van der Waals surface area contributed by atoms with Crippen LogP contribution in [0.2, 0.25) is 0 Å². The van der Waals surface area contributed by atoms with Gasteiger partial charge in [0.2, 0.25) is 0 Å². The van der Waals surface area contributed by atoms with E-state index in [4.69, 9.17) is 0 Å². The molecule has 1 saturated heterocycles. The maximum atomic E-state index is 12.2. The Labute approximate surface area is 153 Å². The number of aliphatic imine (C=N–C) groups is 1. The van der Waals surface area contributed by atoms with E-state index in [1.807, 2.05) is 0 Å². The SMILES string of the molecule is CN=C(NCCCN(C)CC(F)(F)F)N1CCC2(CCC2)C1.I. The summed E-state index contributed by atoms with van der Waals surface area (Å²) in [6.45, 7) is 2.33. The maximum absolute atomic E-state index is 12.2. The summed E-state index contributed by atoms with van der Waals surface area (Å²) in [5.74, 6) is 0.891. The van der Waals surface area contributed by atoms with Crippen molar-refractivity contribution in [3.05, 3.63) is 0 Å². The highest BCUT2D eigenvalue weighted by atomic mass is 127. The highest BCUT2D eigenvalue weighted by Gasteiger charge is 2.43. The van der Waals surface area contributed by atoms with Crippen molar-refractivity contribution in [1.82, 2.24) is 15.1 Å². The molecule has 0 atom stereocenters. The second-order valence-corrected chi connectivity index (χ2v) is 6.71. The van der Waals surface area contributed by atoms with Crippen LogP contribution in [0, 0.1) is 5.41 Å². The van der Waals surface area contributed by atoms with E-state index in [9.17, 15) is 13.2 Å². The second-order valence-electron chi connectivity index (χ2n) is 6.71. The molecule has 0 bridgehead atoms. The zero-order chi connectivity index (χ0) is 16.2. The summed E-state index contributed by atoms with van der Waals surface area (Å²) in [4.78, 5) is 7.91. The Bertz CT molecular complexity index is 397. The van der Waals surface area contributed by atoms with Gasteiger partial charge in [-0.3, -0.25) is 9.89 Å². The average molecular weight is 448 g/mol. The smallest absolute Gasteiger partial charge is 0.356 e. The summed E-state index contributed by atoms with van der Waals surface area (Å²) in [7, 11) is 3.27. The van der Waals surface area contributed by atoms with E-state index in [0.29, 0.717) is 24.9 Å². The molecule has 0 aromatic rings. The molecule has 0 aromatic carbocycles. The van der Waals surface area contributed by atoms with Crippen LogP contribution < -0.4 is 5.32 Å². The number of hydrogen-bond donors (Lipinski definition) is 1. The lowest BCUT2D eigenvalue weighted by atomic mass is 9.68.